The molecule has 0 radical (unpaired) electrons. The van der Waals surface area contributed by atoms with Crippen LogP contribution >= 0.6 is 27.3 Å². The Morgan fingerprint density at radius 2 is 2.44 bits per heavy atom. The van der Waals surface area contributed by atoms with Crippen LogP contribution in [0, 0.1) is 0 Å². The molecule has 2 rings (SSSR count). The SMILES string of the molecule is Cn1ncc(NCc2nccs2)c(Br)c1=O. The minimum Gasteiger partial charge on any atom is -0.376 e. The quantitative estimate of drug-likeness (QED) is 0.935. The van der Waals surface area contributed by atoms with Gasteiger partial charge in [-0.1, -0.05) is 0 Å². The average molecular weight is 301 g/mol. The Balaban J connectivity index is 2.16. The van der Waals surface area contributed by atoms with Crippen molar-refractivity contribution in [2.24, 2.45) is 7.05 Å². The molecule has 2 heterocycles. The molecule has 0 aliphatic heterocycles. The first-order valence-electron chi connectivity index (χ1n) is 4.52. The number of aryl methyl sites for hydroxylation is 1. The third kappa shape index (κ3) is 2.30. The molecule has 2 aromatic rings. The number of hydrogen-bond donors (Lipinski definition) is 1. The Morgan fingerprint density at radius 1 is 1.62 bits per heavy atom. The zero-order valence-electron chi connectivity index (χ0n) is 8.48. The van der Waals surface area contributed by atoms with E-state index in [2.05, 4.69) is 31.3 Å². The van der Waals surface area contributed by atoms with Crippen LogP contribution < -0.4 is 10.9 Å². The summed E-state index contributed by atoms with van der Waals surface area (Å²) in [5.41, 5.74) is 0.516. The first-order valence-corrected chi connectivity index (χ1v) is 6.20. The summed E-state index contributed by atoms with van der Waals surface area (Å²) in [4.78, 5) is 15.7. The molecular weight excluding hydrogens is 292 g/mol. The van der Waals surface area contributed by atoms with Crippen molar-refractivity contribution in [3.8, 4) is 0 Å². The molecule has 0 saturated heterocycles. The molecule has 0 unspecified atom stereocenters. The maximum atomic E-state index is 11.6. The van der Waals surface area contributed by atoms with Gasteiger partial charge < -0.3 is 5.32 Å². The molecule has 0 spiro atoms. The summed E-state index contributed by atoms with van der Waals surface area (Å²) in [5.74, 6) is 0. The Bertz CT molecular complexity index is 537. The third-order valence-electron chi connectivity index (χ3n) is 1.99. The normalized spacial score (nSPS) is 10.4. The molecular formula is C9H9BrN4OS. The molecule has 0 aliphatic rings. The van der Waals surface area contributed by atoms with Crippen molar-refractivity contribution in [3.05, 3.63) is 37.6 Å². The van der Waals surface area contributed by atoms with E-state index in [1.165, 1.54) is 4.68 Å². The van der Waals surface area contributed by atoms with E-state index in [4.69, 9.17) is 0 Å². The monoisotopic (exact) mass is 300 g/mol. The maximum absolute atomic E-state index is 11.6. The summed E-state index contributed by atoms with van der Waals surface area (Å²) < 4.78 is 1.76. The lowest BCUT2D eigenvalue weighted by Gasteiger charge is -2.06. The van der Waals surface area contributed by atoms with Gasteiger partial charge in [-0.05, 0) is 15.9 Å². The van der Waals surface area contributed by atoms with Crippen molar-refractivity contribution >= 4 is 33.0 Å². The van der Waals surface area contributed by atoms with E-state index in [1.807, 2.05) is 5.38 Å². The molecule has 2 aromatic heterocycles. The molecule has 0 fully saturated rings. The zero-order chi connectivity index (χ0) is 11.5. The van der Waals surface area contributed by atoms with Crippen LogP contribution in [0.5, 0.6) is 0 Å². The van der Waals surface area contributed by atoms with Crippen LogP contribution in [-0.4, -0.2) is 14.8 Å². The standard InChI is InChI=1S/C9H9BrN4OS/c1-14-9(15)8(10)6(4-13-14)12-5-7-11-2-3-16-7/h2-4,12H,5H2,1H3. The van der Waals surface area contributed by atoms with Gasteiger partial charge in [-0.25, -0.2) is 9.67 Å². The lowest BCUT2D eigenvalue weighted by Crippen LogP contribution is -2.21. The van der Waals surface area contributed by atoms with Crippen LogP contribution in [0.3, 0.4) is 0 Å². The molecule has 5 nitrogen and oxygen atoms in total. The second kappa shape index (κ2) is 4.75. The molecule has 0 aromatic carbocycles. The summed E-state index contributed by atoms with van der Waals surface area (Å²) in [6.45, 7) is 0.588. The summed E-state index contributed by atoms with van der Waals surface area (Å²) in [5, 5.41) is 9.92. The number of rotatable bonds is 3. The Kier molecular flexibility index (Phi) is 3.35. The molecule has 0 amide bonds. The Morgan fingerprint density at radius 3 is 3.12 bits per heavy atom. The van der Waals surface area contributed by atoms with Gasteiger partial charge in [-0.15, -0.1) is 11.3 Å². The molecule has 7 heteroatoms. The Hall–Kier alpha value is -1.21. The topological polar surface area (TPSA) is 59.8 Å². The van der Waals surface area contributed by atoms with Gasteiger partial charge in [0.15, 0.2) is 0 Å². The minimum atomic E-state index is -0.163. The predicted molar refractivity (Wildman–Crippen MR) is 66.6 cm³/mol. The molecule has 0 bridgehead atoms. The van der Waals surface area contributed by atoms with E-state index in [0.717, 1.165) is 5.01 Å². The van der Waals surface area contributed by atoms with Crippen molar-refractivity contribution in [2.45, 2.75) is 6.54 Å². The van der Waals surface area contributed by atoms with Crippen molar-refractivity contribution in [1.82, 2.24) is 14.8 Å². The van der Waals surface area contributed by atoms with E-state index in [1.54, 1.807) is 30.8 Å². The van der Waals surface area contributed by atoms with Crippen LogP contribution in [0.2, 0.25) is 0 Å². The molecule has 0 saturated carbocycles. The lowest BCUT2D eigenvalue weighted by molar-refractivity contribution is 0.703. The lowest BCUT2D eigenvalue weighted by atomic mass is 10.4. The summed E-state index contributed by atoms with van der Waals surface area (Å²) in [7, 11) is 1.61. The van der Waals surface area contributed by atoms with Gasteiger partial charge in [0.1, 0.15) is 9.48 Å². The highest BCUT2D eigenvalue weighted by molar-refractivity contribution is 9.10. The number of thiazole rings is 1. The highest BCUT2D eigenvalue weighted by Gasteiger charge is 2.06. The van der Waals surface area contributed by atoms with Crippen molar-refractivity contribution < 1.29 is 0 Å². The van der Waals surface area contributed by atoms with Crippen molar-refractivity contribution in [1.29, 1.82) is 0 Å². The van der Waals surface area contributed by atoms with E-state index in [0.29, 0.717) is 16.7 Å². The summed E-state index contributed by atoms with van der Waals surface area (Å²) >= 11 is 4.81. The largest absolute Gasteiger partial charge is 0.376 e. The van der Waals surface area contributed by atoms with Gasteiger partial charge >= 0.3 is 0 Å². The molecule has 1 N–H and O–H groups in total. The first kappa shape index (κ1) is 11.3. The highest BCUT2D eigenvalue weighted by Crippen LogP contribution is 2.17. The predicted octanol–water partition coefficient (Wildman–Crippen LogP) is 1.61. The molecule has 84 valence electrons. The van der Waals surface area contributed by atoms with Crippen LogP contribution in [0.1, 0.15) is 5.01 Å². The number of nitrogens with zero attached hydrogens (tertiary/aromatic N) is 3. The van der Waals surface area contributed by atoms with Crippen LogP contribution in [0.15, 0.2) is 27.0 Å². The number of halogens is 1. The van der Waals surface area contributed by atoms with Gasteiger partial charge in [0.25, 0.3) is 5.56 Å². The highest BCUT2D eigenvalue weighted by atomic mass is 79.9. The summed E-state index contributed by atoms with van der Waals surface area (Å²) in [6.07, 6.45) is 3.36. The van der Waals surface area contributed by atoms with Gasteiger partial charge in [0.05, 0.1) is 18.4 Å². The fourth-order valence-electron chi connectivity index (χ4n) is 1.15. The van der Waals surface area contributed by atoms with Crippen LogP contribution in [-0.2, 0) is 13.6 Å². The zero-order valence-corrected chi connectivity index (χ0v) is 10.9. The fraction of sp³-hybridized carbons (Fsp3) is 0.222. The van der Waals surface area contributed by atoms with Gasteiger partial charge in [0.2, 0.25) is 0 Å². The molecule has 0 atom stereocenters. The molecule has 0 aliphatic carbocycles. The maximum Gasteiger partial charge on any atom is 0.282 e. The van der Waals surface area contributed by atoms with E-state index in [9.17, 15) is 4.79 Å². The number of nitrogens with one attached hydrogen (secondary N) is 1. The fourth-order valence-corrected chi connectivity index (χ4v) is 2.20. The number of hydrogen-bond acceptors (Lipinski definition) is 5. The van der Waals surface area contributed by atoms with Crippen LogP contribution in [0.25, 0.3) is 0 Å². The van der Waals surface area contributed by atoms with E-state index in [-0.39, 0.29) is 5.56 Å². The van der Waals surface area contributed by atoms with E-state index >= 15 is 0 Å². The summed E-state index contributed by atoms with van der Waals surface area (Å²) in [6, 6.07) is 0. The van der Waals surface area contributed by atoms with Crippen molar-refractivity contribution in [2.75, 3.05) is 5.32 Å². The minimum absolute atomic E-state index is 0.163. The van der Waals surface area contributed by atoms with Crippen LogP contribution in [0.4, 0.5) is 5.69 Å². The second-order valence-electron chi connectivity index (χ2n) is 3.08. The third-order valence-corrected chi connectivity index (χ3v) is 3.54. The second-order valence-corrected chi connectivity index (χ2v) is 4.85. The number of aromatic nitrogens is 3. The average Bonchev–Trinajstić information content (AvgIpc) is 2.78. The molecule has 16 heavy (non-hydrogen) atoms. The Labute approximate surface area is 104 Å². The van der Waals surface area contributed by atoms with Crippen molar-refractivity contribution in [3.63, 3.8) is 0 Å². The van der Waals surface area contributed by atoms with Gasteiger partial charge in [0, 0.05) is 18.6 Å². The van der Waals surface area contributed by atoms with E-state index < -0.39 is 0 Å². The van der Waals surface area contributed by atoms with Gasteiger partial charge in [-0.3, -0.25) is 4.79 Å². The number of anilines is 1. The first-order chi connectivity index (χ1) is 7.68. The van der Waals surface area contributed by atoms with Gasteiger partial charge in [-0.2, -0.15) is 5.10 Å². The smallest absolute Gasteiger partial charge is 0.282 e.